The van der Waals surface area contributed by atoms with E-state index in [1.807, 2.05) is 0 Å². The Bertz CT molecular complexity index is 1040. The van der Waals surface area contributed by atoms with Crippen LogP contribution in [0.3, 0.4) is 0 Å². The summed E-state index contributed by atoms with van der Waals surface area (Å²) in [6.45, 7) is 1.27. The highest BCUT2D eigenvalue weighted by Crippen LogP contribution is 2.30. The van der Waals surface area contributed by atoms with Crippen LogP contribution in [0.4, 0.5) is 32.0 Å². The number of amides is 1. The van der Waals surface area contributed by atoms with Gasteiger partial charge in [0.2, 0.25) is 0 Å². The molecule has 0 saturated heterocycles. The Hall–Kier alpha value is -3.30. The lowest BCUT2D eigenvalue weighted by molar-refractivity contribution is -0.141. The Morgan fingerprint density at radius 3 is 2.21 bits per heavy atom. The summed E-state index contributed by atoms with van der Waals surface area (Å²) >= 11 is 0. The van der Waals surface area contributed by atoms with Gasteiger partial charge in [0.15, 0.2) is 5.69 Å². The molecule has 1 aromatic heterocycles. The van der Waals surface area contributed by atoms with Gasteiger partial charge in [-0.3, -0.25) is 4.79 Å². The highest BCUT2D eigenvalue weighted by molar-refractivity contribution is 6.04. The standard InChI is InChI=1S/C18H11F6N3O/c1-9-25-15(18(22,23)24)8-27(9)14-6-5-10(7-13(14)21)26-17(28)16-11(19)3-2-4-12(16)20/h2-8H,1H3,(H,26,28). The second kappa shape index (κ2) is 7.02. The Balaban J connectivity index is 1.89. The summed E-state index contributed by atoms with van der Waals surface area (Å²) in [7, 11) is 0. The molecular formula is C18H11F6N3O. The molecule has 0 atom stereocenters. The van der Waals surface area contributed by atoms with Gasteiger partial charge >= 0.3 is 6.18 Å². The largest absolute Gasteiger partial charge is 0.434 e. The van der Waals surface area contributed by atoms with Crippen molar-refractivity contribution in [2.24, 2.45) is 0 Å². The van der Waals surface area contributed by atoms with Gasteiger partial charge in [0, 0.05) is 11.9 Å². The van der Waals surface area contributed by atoms with Gasteiger partial charge in [-0.05, 0) is 37.3 Å². The number of aryl methyl sites for hydroxylation is 1. The molecule has 0 fully saturated rings. The van der Waals surface area contributed by atoms with Gasteiger partial charge in [-0.1, -0.05) is 6.07 Å². The maximum Gasteiger partial charge on any atom is 0.434 e. The number of rotatable bonds is 3. The molecule has 0 saturated carbocycles. The molecule has 0 bridgehead atoms. The first-order chi connectivity index (χ1) is 13.1. The topological polar surface area (TPSA) is 46.9 Å². The van der Waals surface area contributed by atoms with Crippen LogP contribution in [0, 0.1) is 24.4 Å². The lowest BCUT2D eigenvalue weighted by Crippen LogP contribution is -2.16. The molecule has 10 heteroatoms. The molecule has 4 nitrogen and oxygen atoms in total. The first-order valence-electron chi connectivity index (χ1n) is 7.76. The molecule has 1 N–H and O–H groups in total. The number of halogens is 6. The van der Waals surface area contributed by atoms with Crippen molar-refractivity contribution in [3.05, 3.63) is 77.1 Å². The number of hydrogen-bond acceptors (Lipinski definition) is 2. The van der Waals surface area contributed by atoms with E-state index in [1.54, 1.807) is 0 Å². The molecular weight excluding hydrogens is 388 g/mol. The van der Waals surface area contributed by atoms with E-state index in [4.69, 9.17) is 0 Å². The number of nitrogens with one attached hydrogen (secondary N) is 1. The molecule has 3 aromatic rings. The molecule has 0 aliphatic rings. The molecule has 3 rings (SSSR count). The zero-order valence-electron chi connectivity index (χ0n) is 14.1. The van der Waals surface area contributed by atoms with Gasteiger partial charge in [-0.2, -0.15) is 13.2 Å². The summed E-state index contributed by atoms with van der Waals surface area (Å²) in [6.07, 6.45) is -4.05. The number of carbonyl (C=O) groups is 1. The highest BCUT2D eigenvalue weighted by atomic mass is 19.4. The Morgan fingerprint density at radius 1 is 1.04 bits per heavy atom. The van der Waals surface area contributed by atoms with Crippen LogP contribution in [0.1, 0.15) is 21.9 Å². The number of alkyl halides is 3. The summed E-state index contributed by atoms with van der Waals surface area (Å²) < 4.78 is 80.8. The summed E-state index contributed by atoms with van der Waals surface area (Å²) in [5.74, 6) is -4.40. The van der Waals surface area contributed by atoms with Crippen molar-refractivity contribution in [1.82, 2.24) is 9.55 Å². The highest BCUT2D eigenvalue weighted by Gasteiger charge is 2.34. The predicted molar refractivity (Wildman–Crippen MR) is 87.6 cm³/mol. The third-order valence-electron chi connectivity index (χ3n) is 3.83. The molecule has 146 valence electrons. The minimum Gasteiger partial charge on any atom is -0.322 e. The molecule has 28 heavy (non-hydrogen) atoms. The van der Waals surface area contributed by atoms with Crippen molar-refractivity contribution in [2.75, 3.05) is 5.32 Å². The van der Waals surface area contributed by atoms with Crippen molar-refractivity contribution >= 4 is 11.6 Å². The van der Waals surface area contributed by atoms with E-state index in [0.29, 0.717) is 6.20 Å². The molecule has 1 heterocycles. The van der Waals surface area contributed by atoms with Crippen molar-refractivity contribution in [3.63, 3.8) is 0 Å². The number of anilines is 1. The molecule has 2 aromatic carbocycles. The number of aromatic nitrogens is 2. The van der Waals surface area contributed by atoms with Crippen LogP contribution in [0.15, 0.2) is 42.6 Å². The normalized spacial score (nSPS) is 11.5. The number of nitrogens with zero attached hydrogens (tertiary/aromatic N) is 2. The maximum absolute atomic E-state index is 14.4. The lowest BCUT2D eigenvalue weighted by atomic mass is 10.1. The van der Waals surface area contributed by atoms with Crippen LogP contribution in [0.2, 0.25) is 0 Å². The zero-order valence-corrected chi connectivity index (χ0v) is 14.1. The zero-order chi connectivity index (χ0) is 20.6. The van der Waals surface area contributed by atoms with E-state index in [9.17, 15) is 31.1 Å². The average molecular weight is 399 g/mol. The van der Waals surface area contributed by atoms with Gasteiger partial charge in [0.1, 0.15) is 28.8 Å². The Morgan fingerprint density at radius 2 is 1.68 bits per heavy atom. The molecule has 0 spiro atoms. The Kier molecular flexibility index (Phi) is 4.88. The minimum absolute atomic E-state index is 0.101. The van der Waals surface area contributed by atoms with Crippen molar-refractivity contribution in [3.8, 4) is 5.69 Å². The van der Waals surface area contributed by atoms with E-state index in [2.05, 4.69) is 10.3 Å². The molecule has 0 unspecified atom stereocenters. The van der Waals surface area contributed by atoms with E-state index in [0.717, 1.165) is 34.9 Å². The second-order valence-corrected chi connectivity index (χ2v) is 5.76. The van der Waals surface area contributed by atoms with Crippen LogP contribution in [-0.2, 0) is 6.18 Å². The summed E-state index contributed by atoms with van der Waals surface area (Å²) in [5.41, 5.74) is -2.40. The van der Waals surface area contributed by atoms with Crippen molar-refractivity contribution in [1.29, 1.82) is 0 Å². The molecule has 0 aliphatic carbocycles. The molecule has 0 aliphatic heterocycles. The van der Waals surface area contributed by atoms with Crippen LogP contribution in [-0.4, -0.2) is 15.5 Å². The van der Waals surface area contributed by atoms with Crippen LogP contribution in [0.5, 0.6) is 0 Å². The number of carbonyl (C=O) groups excluding carboxylic acids is 1. The first kappa shape index (κ1) is 19.5. The number of benzene rings is 2. The van der Waals surface area contributed by atoms with Gasteiger partial charge in [-0.25, -0.2) is 18.2 Å². The SMILES string of the molecule is Cc1nc(C(F)(F)F)cn1-c1ccc(NC(=O)c2c(F)cccc2F)cc1F. The van der Waals surface area contributed by atoms with Crippen LogP contribution in [0.25, 0.3) is 5.69 Å². The third kappa shape index (κ3) is 3.71. The van der Waals surface area contributed by atoms with Gasteiger partial charge in [0.05, 0.1) is 5.69 Å². The fraction of sp³-hybridized carbons (Fsp3) is 0.111. The van der Waals surface area contributed by atoms with Gasteiger partial charge in [0.25, 0.3) is 5.91 Å². The van der Waals surface area contributed by atoms with Crippen molar-refractivity contribution in [2.45, 2.75) is 13.1 Å². The average Bonchev–Trinajstić information content (AvgIpc) is 2.97. The lowest BCUT2D eigenvalue weighted by Gasteiger charge is -2.10. The molecule has 1 amide bonds. The van der Waals surface area contributed by atoms with Gasteiger partial charge in [-0.15, -0.1) is 0 Å². The molecule has 0 radical (unpaired) electrons. The number of imidazole rings is 1. The fourth-order valence-corrected chi connectivity index (χ4v) is 2.54. The quantitative estimate of drug-likeness (QED) is 0.639. The number of hydrogen-bond donors (Lipinski definition) is 1. The monoisotopic (exact) mass is 399 g/mol. The summed E-state index contributed by atoms with van der Waals surface area (Å²) in [5, 5.41) is 2.14. The van der Waals surface area contributed by atoms with Crippen LogP contribution >= 0.6 is 0 Å². The fourth-order valence-electron chi connectivity index (χ4n) is 2.54. The summed E-state index contributed by atoms with van der Waals surface area (Å²) in [6, 6.07) is 5.97. The Labute approximate surface area is 154 Å². The summed E-state index contributed by atoms with van der Waals surface area (Å²) in [4.78, 5) is 15.4. The van der Waals surface area contributed by atoms with Crippen LogP contribution < -0.4 is 5.32 Å². The smallest absolute Gasteiger partial charge is 0.322 e. The van der Waals surface area contributed by atoms with E-state index in [-0.39, 0.29) is 17.2 Å². The maximum atomic E-state index is 14.4. The van der Waals surface area contributed by atoms with E-state index >= 15 is 0 Å². The third-order valence-corrected chi connectivity index (χ3v) is 3.83. The van der Waals surface area contributed by atoms with Crippen molar-refractivity contribution < 1.29 is 31.1 Å². The van der Waals surface area contributed by atoms with Gasteiger partial charge < -0.3 is 9.88 Å². The first-order valence-corrected chi connectivity index (χ1v) is 7.76. The minimum atomic E-state index is -4.69. The van der Waals surface area contributed by atoms with E-state index in [1.165, 1.54) is 13.0 Å². The van der Waals surface area contributed by atoms with E-state index < -0.39 is 40.8 Å². The predicted octanol–water partition coefficient (Wildman–Crippen LogP) is 4.87. The second-order valence-electron chi connectivity index (χ2n) is 5.76.